The number of benzene rings is 2. The predicted molar refractivity (Wildman–Crippen MR) is 195 cm³/mol. The number of hydrogen-bond acceptors (Lipinski definition) is 14. The van der Waals surface area contributed by atoms with Gasteiger partial charge >= 0.3 is 5.97 Å². The Hall–Kier alpha value is -3.46. The van der Waals surface area contributed by atoms with Gasteiger partial charge in [-0.25, -0.2) is 4.79 Å². The average molecular weight is 820 g/mol. The van der Waals surface area contributed by atoms with E-state index in [1.54, 1.807) is 31.2 Å². The van der Waals surface area contributed by atoms with Crippen LogP contribution in [0.25, 0.3) is 0 Å². The first kappa shape index (κ1) is 45.9. The fourth-order valence-corrected chi connectivity index (χ4v) is 5.82. The number of carboxylic acids is 1. The quantitative estimate of drug-likeness (QED) is 0.0775. The molecule has 17 nitrogen and oxygen atoms in total. The number of aliphatic hydroxyl groups is 3. The van der Waals surface area contributed by atoms with Crippen LogP contribution in [0, 0.1) is 6.92 Å². The second kappa shape index (κ2) is 24.2. The Morgan fingerprint density at radius 1 is 0.891 bits per heavy atom. The summed E-state index contributed by atoms with van der Waals surface area (Å²) in [5, 5.41) is 44.2. The molecule has 2 aromatic rings. The lowest BCUT2D eigenvalue weighted by Crippen LogP contribution is -2.64. The van der Waals surface area contributed by atoms with Crippen molar-refractivity contribution >= 4 is 46.8 Å². The van der Waals surface area contributed by atoms with E-state index in [0.717, 1.165) is 0 Å². The molecular formula is C36H48Cl2N2O15. The second-order valence-corrected chi connectivity index (χ2v) is 13.0. The summed E-state index contributed by atoms with van der Waals surface area (Å²) in [4.78, 5) is 48.2. The number of halogens is 2. The zero-order chi connectivity index (χ0) is 40.3. The van der Waals surface area contributed by atoms with E-state index >= 15 is 0 Å². The lowest BCUT2D eigenvalue weighted by atomic mass is 9.96. The molecule has 1 heterocycles. The molecule has 2 amide bonds. The molecule has 0 aliphatic carbocycles. The number of carbonyl (C=O) groups excluding carboxylic acids is 3. The first-order chi connectivity index (χ1) is 26.4. The normalized spacial score (nSPS) is 19.5. The molecule has 1 aliphatic rings. The van der Waals surface area contributed by atoms with Gasteiger partial charge in [0.05, 0.1) is 49.7 Å². The third-order valence-corrected chi connectivity index (χ3v) is 8.89. The van der Waals surface area contributed by atoms with Crippen LogP contribution in [0.3, 0.4) is 0 Å². The van der Waals surface area contributed by atoms with Crippen LogP contribution in [-0.4, -0.2) is 148 Å². The Labute approximate surface area is 328 Å². The third kappa shape index (κ3) is 14.9. The van der Waals surface area contributed by atoms with Crippen LogP contribution in [-0.2, 0) is 44.6 Å². The minimum Gasteiger partial charge on any atom is -0.486 e. The number of aliphatic hydroxyl groups excluding tert-OH is 3. The van der Waals surface area contributed by atoms with Crippen LogP contribution < -0.4 is 15.4 Å². The number of Topliss-reactive ketones (excluding diaryl/α,β-unsaturated/α-hetero) is 1. The van der Waals surface area contributed by atoms with Crippen LogP contribution in [0.5, 0.6) is 5.75 Å². The maximum atomic E-state index is 13.2. The van der Waals surface area contributed by atoms with E-state index in [1.165, 1.54) is 13.2 Å². The average Bonchev–Trinajstić information content (AvgIpc) is 3.16. The molecule has 0 spiro atoms. The van der Waals surface area contributed by atoms with E-state index in [-0.39, 0.29) is 98.9 Å². The summed E-state index contributed by atoms with van der Waals surface area (Å²) >= 11 is 13.1. The summed E-state index contributed by atoms with van der Waals surface area (Å²) in [5.41, 5.74) is 1.40. The van der Waals surface area contributed by atoms with Crippen molar-refractivity contribution in [3.05, 3.63) is 62.6 Å². The van der Waals surface area contributed by atoms with Crippen molar-refractivity contribution in [3.63, 3.8) is 0 Å². The van der Waals surface area contributed by atoms with E-state index in [9.17, 15) is 34.5 Å². The molecule has 2 aromatic carbocycles. The molecule has 55 heavy (non-hydrogen) atoms. The van der Waals surface area contributed by atoms with Gasteiger partial charge < -0.3 is 64.2 Å². The van der Waals surface area contributed by atoms with Gasteiger partial charge in [0.2, 0.25) is 0 Å². The third-order valence-electron chi connectivity index (χ3n) is 8.16. The largest absolute Gasteiger partial charge is 0.486 e. The molecule has 0 radical (unpaired) electrons. The number of ketones is 1. The van der Waals surface area contributed by atoms with E-state index in [1.807, 2.05) is 0 Å². The zero-order valence-corrected chi connectivity index (χ0v) is 32.0. The first-order valence-electron chi connectivity index (χ1n) is 17.4. The molecular weight excluding hydrogens is 771 g/mol. The first-order valence-corrected chi connectivity index (χ1v) is 18.1. The van der Waals surface area contributed by atoms with E-state index in [0.29, 0.717) is 29.7 Å². The molecule has 1 fully saturated rings. The Kier molecular flexibility index (Phi) is 20.2. The van der Waals surface area contributed by atoms with Gasteiger partial charge in [0.1, 0.15) is 44.2 Å². The number of hydrogen-bond donors (Lipinski definition) is 6. The highest BCUT2D eigenvalue weighted by Gasteiger charge is 2.45. The van der Waals surface area contributed by atoms with Crippen molar-refractivity contribution in [3.8, 4) is 5.75 Å². The van der Waals surface area contributed by atoms with Crippen LogP contribution in [0.4, 0.5) is 0 Å². The molecule has 6 N–H and O–H groups in total. The summed E-state index contributed by atoms with van der Waals surface area (Å²) in [6.45, 7) is 2.21. The number of rotatable bonds is 25. The zero-order valence-electron chi connectivity index (χ0n) is 30.5. The van der Waals surface area contributed by atoms with Gasteiger partial charge in [0, 0.05) is 37.8 Å². The molecule has 1 aliphatic heterocycles. The summed E-state index contributed by atoms with van der Waals surface area (Å²) in [5.74, 6) is -2.04. The molecule has 0 saturated carbocycles. The molecule has 5 atom stereocenters. The molecule has 1 saturated heterocycles. The van der Waals surface area contributed by atoms with Gasteiger partial charge in [-0.1, -0.05) is 35.3 Å². The van der Waals surface area contributed by atoms with Gasteiger partial charge in [0.15, 0.2) is 17.8 Å². The van der Waals surface area contributed by atoms with Gasteiger partial charge in [-0.2, -0.15) is 0 Å². The second-order valence-electron chi connectivity index (χ2n) is 12.2. The van der Waals surface area contributed by atoms with E-state index in [4.69, 9.17) is 61.5 Å². The van der Waals surface area contributed by atoms with E-state index < -0.39 is 49.1 Å². The van der Waals surface area contributed by atoms with E-state index in [2.05, 4.69) is 10.6 Å². The maximum absolute atomic E-state index is 13.2. The van der Waals surface area contributed by atoms with Crippen molar-refractivity contribution in [2.24, 2.45) is 0 Å². The van der Waals surface area contributed by atoms with Gasteiger partial charge in [0.25, 0.3) is 11.8 Å². The fourth-order valence-electron chi connectivity index (χ4n) is 5.25. The molecule has 0 bridgehead atoms. The van der Waals surface area contributed by atoms with Crippen molar-refractivity contribution in [2.75, 3.05) is 73.1 Å². The van der Waals surface area contributed by atoms with Crippen LogP contribution in [0.15, 0.2) is 30.3 Å². The standard InChI is InChI=1S/C36H48Cl2N2O15/c1-21-25(35(48)40-30-32(46)31(45)27(17-41)55-36(30)49-2)16-26(37)33(29(21)38)54-18-22-5-3-6-23(15-22)34(47)39-8-10-51-12-13-52-19-24(42)7-4-9-50-11-14-53-20-28(43)44/h3,5-6,15-16,27,30-32,36,41,45-46H,4,7-14,17-20H2,1-2H3,(H,39,47)(H,40,48)(H,43,44)/t27-,30-,31-,32-,36+/m1/s1. The highest BCUT2D eigenvalue weighted by molar-refractivity contribution is 6.38. The minimum atomic E-state index is -1.51. The summed E-state index contributed by atoms with van der Waals surface area (Å²) < 4.78 is 37.5. The molecule has 0 unspecified atom stereocenters. The molecule has 306 valence electrons. The SMILES string of the molecule is CO[C@H]1O[C@H](CO)[C@@H](O)[C@H](O)[C@H]1NC(=O)c1cc(Cl)c(OCc2cccc(C(=O)NCCOCCOCC(=O)CCCOCCOCC(=O)O)c2)c(Cl)c1C. The maximum Gasteiger partial charge on any atom is 0.329 e. The Bertz CT molecular complexity index is 1560. The number of carbonyl (C=O) groups is 4. The summed E-state index contributed by atoms with van der Waals surface area (Å²) in [6.07, 6.45) is -4.46. The number of amides is 2. The monoisotopic (exact) mass is 818 g/mol. The fraction of sp³-hybridized carbons (Fsp3) is 0.556. The number of methoxy groups -OCH3 is 1. The topological polar surface area (TPSA) is 238 Å². The minimum absolute atomic E-state index is 0.0123. The van der Waals surface area contributed by atoms with Crippen LogP contribution in [0.2, 0.25) is 10.0 Å². The lowest BCUT2D eigenvalue weighted by Gasteiger charge is -2.41. The van der Waals surface area contributed by atoms with Gasteiger partial charge in [-0.15, -0.1) is 0 Å². The van der Waals surface area contributed by atoms with Crippen molar-refractivity contribution in [1.29, 1.82) is 0 Å². The number of nitrogens with one attached hydrogen (secondary N) is 2. The molecule has 19 heteroatoms. The Morgan fingerprint density at radius 2 is 1.58 bits per heavy atom. The van der Waals surface area contributed by atoms with Crippen LogP contribution >= 0.6 is 23.2 Å². The highest BCUT2D eigenvalue weighted by atomic mass is 35.5. The lowest BCUT2D eigenvalue weighted by molar-refractivity contribution is -0.261. The highest BCUT2D eigenvalue weighted by Crippen LogP contribution is 2.38. The van der Waals surface area contributed by atoms with Gasteiger partial charge in [-0.05, 0) is 42.7 Å². The number of ether oxygens (including phenoxy) is 7. The van der Waals surface area contributed by atoms with Crippen LogP contribution in [0.1, 0.15) is 44.7 Å². The molecule has 0 aromatic heterocycles. The Morgan fingerprint density at radius 3 is 2.27 bits per heavy atom. The summed E-state index contributed by atoms with van der Waals surface area (Å²) in [6, 6.07) is 6.88. The van der Waals surface area contributed by atoms with Crippen molar-refractivity contribution in [2.45, 2.75) is 57.0 Å². The van der Waals surface area contributed by atoms with Crippen molar-refractivity contribution in [1.82, 2.24) is 10.6 Å². The number of carboxylic acid groups (broad SMARTS) is 1. The summed E-state index contributed by atoms with van der Waals surface area (Å²) in [7, 11) is 1.29. The predicted octanol–water partition coefficient (Wildman–Crippen LogP) is 1.29. The Balaban J connectivity index is 1.37. The molecule has 3 rings (SSSR count). The number of aliphatic carboxylic acids is 1. The smallest absolute Gasteiger partial charge is 0.329 e. The van der Waals surface area contributed by atoms with Crippen molar-refractivity contribution < 1.29 is 72.8 Å². The van der Waals surface area contributed by atoms with Gasteiger partial charge in [-0.3, -0.25) is 14.4 Å².